The second-order valence-corrected chi connectivity index (χ2v) is 7.30. The molecule has 8 heteroatoms. The smallest absolute Gasteiger partial charge is 0.323 e. The highest BCUT2D eigenvalue weighted by Gasteiger charge is 2.27. The first-order valence-electron chi connectivity index (χ1n) is 9.16. The lowest BCUT2D eigenvalue weighted by atomic mass is 9.94. The third kappa shape index (κ3) is 5.11. The molecule has 1 aromatic carbocycles. The van der Waals surface area contributed by atoms with Crippen LogP contribution in [0.3, 0.4) is 0 Å². The summed E-state index contributed by atoms with van der Waals surface area (Å²) in [6.07, 6.45) is 1.40. The van der Waals surface area contributed by atoms with Crippen LogP contribution in [0.4, 0.5) is 0 Å². The van der Waals surface area contributed by atoms with Crippen molar-refractivity contribution in [2.45, 2.75) is 38.6 Å². The van der Waals surface area contributed by atoms with Gasteiger partial charge in [0.1, 0.15) is 17.5 Å². The van der Waals surface area contributed by atoms with E-state index in [0.29, 0.717) is 38.0 Å². The van der Waals surface area contributed by atoms with Gasteiger partial charge in [-0.15, -0.1) is 0 Å². The van der Waals surface area contributed by atoms with E-state index < -0.39 is 18.6 Å². The van der Waals surface area contributed by atoms with Gasteiger partial charge in [-0.1, -0.05) is 13.8 Å². The second kappa shape index (κ2) is 9.05. The monoisotopic (exact) mass is 380 g/mol. The Morgan fingerprint density at radius 2 is 1.81 bits per heavy atom. The highest BCUT2D eigenvalue weighted by atomic mass is 16.4. The first kappa shape index (κ1) is 21.0. The van der Waals surface area contributed by atoms with Gasteiger partial charge in [0, 0.05) is 19.2 Å². The number of aliphatic hydroxyl groups excluding tert-OH is 1. The molecular formula is C19H28N2O6. The number of benzene rings is 1. The van der Waals surface area contributed by atoms with E-state index in [0.717, 1.165) is 0 Å². The number of aliphatic carboxylic acids is 1. The van der Waals surface area contributed by atoms with Crippen molar-refractivity contribution in [2.75, 3.05) is 26.2 Å². The van der Waals surface area contributed by atoms with Crippen molar-refractivity contribution < 1.29 is 30.0 Å². The molecule has 0 radical (unpaired) electrons. The molecule has 0 aliphatic carbocycles. The predicted molar refractivity (Wildman–Crippen MR) is 99.0 cm³/mol. The number of phenolic OH excluding ortho intramolecular Hbond substituents is 2. The average molecular weight is 380 g/mol. The van der Waals surface area contributed by atoms with Crippen LogP contribution >= 0.6 is 0 Å². The van der Waals surface area contributed by atoms with E-state index in [4.69, 9.17) is 10.2 Å². The van der Waals surface area contributed by atoms with Gasteiger partial charge >= 0.3 is 5.97 Å². The van der Waals surface area contributed by atoms with Gasteiger partial charge in [-0.05, 0) is 42.9 Å². The lowest BCUT2D eigenvalue weighted by molar-refractivity contribution is -0.140. The zero-order chi connectivity index (χ0) is 20.1. The molecule has 0 spiro atoms. The van der Waals surface area contributed by atoms with Gasteiger partial charge in [-0.3, -0.25) is 9.59 Å². The molecule has 1 aliphatic heterocycles. The molecule has 1 heterocycles. The van der Waals surface area contributed by atoms with Gasteiger partial charge in [0.05, 0.1) is 12.2 Å². The fourth-order valence-electron chi connectivity index (χ4n) is 3.28. The SMILES string of the molecule is CC(C)c1cc(C(=O)N2CCC(CN[C@@H](CO)C(=O)O)CC2)c(O)cc1O. The van der Waals surface area contributed by atoms with Crippen LogP contribution in [0.1, 0.15) is 48.5 Å². The molecule has 0 saturated carbocycles. The molecule has 5 N–H and O–H groups in total. The van der Waals surface area contributed by atoms with E-state index in [2.05, 4.69) is 5.32 Å². The first-order valence-corrected chi connectivity index (χ1v) is 9.16. The van der Waals surface area contributed by atoms with Gasteiger partial charge in [-0.2, -0.15) is 0 Å². The number of carbonyl (C=O) groups is 2. The molecule has 150 valence electrons. The number of aromatic hydroxyl groups is 2. The number of amides is 1. The summed E-state index contributed by atoms with van der Waals surface area (Å²) in [5.41, 5.74) is 0.790. The largest absolute Gasteiger partial charge is 0.508 e. The number of hydrogen-bond acceptors (Lipinski definition) is 6. The fraction of sp³-hybridized carbons (Fsp3) is 0.579. The third-order valence-corrected chi connectivity index (χ3v) is 5.03. The van der Waals surface area contributed by atoms with Crippen molar-refractivity contribution in [3.63, 3.8) is 0 Å². The normalized spacial score (nSPS) is 16.5. The molecule has 1 saturated heterocycles. The number of nitrogens with one attached hydrogen (secondary N) is 1. The van der Waals surface area contributed by atoms with Gasteiger partial charge in [0.25, 0.3) is 5.91 Å². The number of aliphatic hydroxyl groups is 1. The molecule has 1 atom stereocenters. The third-order valence-electron chi connectivity index (χ3n) is 5.03. The van der Waals surface area contributed by atoms with Crippen molar-refractivity contribution in [3.05, 3.63) is 23.3 Å². The van der Waals surface area contributed by atoms with Crippen molar-refractivity contribution in [1.82, 2.24) is 10.2 Å². The van der Waals surface area contributed by atoms with Crippen molar-refractivity contribution in [2.24, 2.45) is 5.92 Å². The van der Waals surface area contributed by atoms with Gasteiger partial charge in [0.15, 0.2) is 0 Å². The van der Waals surface area contributed by atoms with Crippen LogP contribution in [0.15, 0.2) is 12.1 Å². The molecule has 1 aromatic rings. The maximum atomic E-state index is 12.8. The number of rotatable bonds is 7. The van der Waals surface area contributed by atoms with Crippen LogP contribution in [0, 0.1) is 5.92 Å². The Morgan fingerprint density at radius 1 is 1.19 bits per heavy atom. The van der Waals surface area contributed by atoms with E-state index in [1.54, 1.807) is 11.0 Å². The minimum Gasteiger partial charge on any atom is -0.508 e. The van der Waals surface area contributed by atoms with Crippen LogP contribution < -0.4 is 5.32 Å². The highest BCUT2D eigenvalue weighted by molar-refractivity contribution is 5.97. The molecule has 0 unspecified atom stereocenters. The van der Waals surface area contributed by atoms with E-state index >= 15 is 0 Å². The zero-order valence-electron chi connectivity index (χ0n) is 15.7. The molecule has 1 amide bonds. The van der Waals surface area contributed by atoms with Crippen LogP contribution in [0.25, 0.3) is 0 Å². The maximum Gasteiger partial charge on any atom is 0.323 e. The Balaban J connectivity index is 1.97. The Bertz CT molecular complexity index is 683. The summed E-state index contributed by atoms with van der Waals surface area (Å²) in [5.74, 6) is -1.41. The minimum absolute atomic E-state index is 0.0164. The summed E-state index contributed by atoms with van der Waals surface area (Å²) in [6.45, 7) is 4.79. The quantitative estimate of drug-likeness (QED) is 0.479. The summed E-state index contributed by atoms with van der Waals surface area (Å²) in [4.78, 5) is 25.3. The van der Waals surface area contributed by atoms with Gasteiger partial charge in [-0.25, -0.2) is 0 Å². The lowest BCUT2D eigenvalue weighted by Gasteiger charge is -2.33. The number of phenols is 2. The molecule has 8 nitrogen and oxygen atoms in total. The first-order chi connectivity index (χ1) is 12.7. The summed E-state index contributed by atoms with van der Waals surface area (Å²) < 4.78 is 0. The number of carbonyl (C=O) groups excluding carboxylic acids is 1. The molecular weight excluding hydrogens is 352 g/mol. The van der Waals surface area contributed by atoms with Crippen molar-refractivity contribution >= 4 is 11.9 Å². The Labute approximate surface area is 158 Å². The molecule has 0 bridgehead atoms. The van der Waals surface area contributed by atoms with Crippen molar-refractivity contribution in [3.8, 4) is 11.5 Å². The fourth-order valence-corrected chi connectivity index (χ4v) is 3.28. The Kier molecular flexibility index (Phi) is 7.04. The maximum absolute atomic E-state index is 12.8. The van der Waals surface area contributed by atoms with Crippen LogP contribution in [-0.4, -0.2) is 69.5 Å². The summed E-state index contributed by atoms with van der Waals surface area (Å²) in [7, 11) is 0. The highest BCUT2D eigenvalue weighted by Crippen LogP contribution is 2.33. The molecule has 27 heavy (non-hydrogen) atoms. The number of carboxylic acids is 1. The second-order valence-electron chi connectivity index (χ2n) is 7.30. The van der Waals surface area contributed by atoms with E-state index in [9.17, 15) is 19.8 Å². The number of piperidine rings is 1. The molecule has 2 rings (SSSR count). The average Bonchev–Trinajstić information content (AvgIpc) is 2.61. The topological polar surface area (TPSA) is 130 Å². The Hall–Kier alpha value is -2.32. The number of carboxylic acid groups (broad SMARTS) is 1. The van der Waals surface area contributed by atoms with E-state index in [-0.39, 0.29) is 34.8 Å². The zero-order valence-corrected chi connectivity index (χ0v) is 15.7. The predicted octanol–water partition coefficient (Wildman–Crippen LogP) is 1.11. The lowest BCUT2D eigenvalue weighted by Crippen LogP contribution is -2.45. The molecule has 1 aliphatic rings. The number of likely N-dealkylation sites (tertiary alicyclic amines) is 1. The van der Waals surface area contributed by atoms with Gasteiger partial charge < -0.3 is 30.6 Å². The summed E-state index contributed by atoms with van der Waals surface area (Å²) in [5, 5.41) is 40.8. The van der Waals surface area contributed by atoms with Crippen LogP contribution in [0.5, 0.6) is 11.5 Å². The summed E-state index contributed by atoms with van der Waals surface area (Å²) >= 11 is 0. The van der Waals surface area contributed by atoms with Crippen LogP contribution in [0.2, 0.25) is 0 Å². The van der Waals surface area contributed by atoms with E-state index in [1.165, 1.54) is 6.07 Å². The number of nitrogens with zero attached hydrogens (tertiary/aromatic N) is 1. The Morgan fingerprint density at radius 3 is 2.33 bits per heavy atom. The minimum atomic E-state index is -1.09. The molecule has 0 aromatic heterocycles. The standard InChI is InChI=1S/C19H28N2O6/c1-11(2)13-7-14(17(24)8-16(13)23)18(25)21-5-3-12(4-6-21)9-20-15(10-22)19(26)27/h7-8,11-12,15,20,22-24H,3-6,9-10H2,1-2H3,(H,26,27)/t15-/m0/s1. The molecule has 1 fully saturated rings. The number of hydrogen-bond donors (Lipinski definition) is 5. The summed E-state index contributed by atoms with van der Waals surface area (Å²) in [6, 6.07) is 1.78. The van der Waals surface area contributed by atoms with E-state index in [1.807, 2.05) is 13.8 Å². The van der Waals surface area contributed by atoms with Crippen molar-refractivity contribution in [1.29, 1.82) is 0 Å². The van der Waals surface area contributed by atoms with Gasteiger partial charge in [0.2, 0.25) is 0 Å². The van der Waals surface area contributed by atoms with Crippen LogP contribution in [-0.2, 0) is 4.79 Å².